The molecule has 3 aromatic rings. The molecule has 4 nitrogen and oxygen atoms in total. The highest BCUT2D eigenvalue weighted by molar-refractivity contribution is 7.21. The lowest BCUT2D eigenvalue weighted by molar-refractivity contribution is -0.136. The Morgan fingerprint density at radius 3 is 2.95 bits per heavy atom. The van der Waals surface area contributed by atoms with Gasteiger partial charge in [0.05, 0.1) is 16.6 Å². The van der Waals surface area contributed by atoms with Crippen molar-refractivity contribution in [2.24, 2.45) is 0 Å². The number of aliphatic carboxylic acids is 1. The number of nitrogens with zero attached hydrogens (tertiary/aromatic N) is 2. The van der Waals surface area contributed by atoms with Gasteiger partial charge in [-0.3, -0.25) is 9.78 Å². The van der Waals surface area contributed by atoms with Crippen molar-refractivity contribution in [3.8, 4) is 10.6 Å². The van der Waals surface area contributed by atoms with Crippen molar-refractivity contribution in [3.05, 3.63) is 47.8 Å². The molecule has 0 spiro atoms. The molecular formula is C15H12N2O2S. The highest BCUT2D eigenvalue weighted by Crippen LogP contribution is 2.31. The molecule has 0 saturated heterocycles. The number of carboxylic acid groups (broad SMARTS) is 1. The van der Waals surface area contributed by atoms with Crippen LogP contribution in [0, 0.1) is 6.92 Å². The highest BCUT2D eigenvalue weighted by Gasteiger charge is 2.10. The second kappa shape index (κ2) is 5.02. The van der Waals surface area contributed by atoms with E-state index in [0.29, 0.717) is 0 Å². The van der Waals surface area contributed by atoms with E-state index in [9.17, 15) is 4.79 Å². The Balaban J connectivity index is 2.07. The molecule has 0 amide bonds. The zero-order valence-corrected chi connectivity index (χ0v) is 11.6. The Morgan fingerprint density at radius 1 is 1.35 bits per heavy atom. The van der Waals surface area contributed by atoms with Crippen molar-refractivity contribution in [2.45, 2.75) is 13.3 Å². The van der Waals surface area contributed by atoms with Crippen LogP contribution < -0.4 is 0 Å². The summed E-state index contributed by atoms with van der Waals surface area (Å²) in [5.41, 5.74) is 3.65. The van der Waals surface area contributed by atoms with Crippen LogP contribution in [0.1, 0.15) is 11.3 Å². The van der Waals surface area contributed by atoms with E-state index in [4.69, 9.17) is 5.11 Å². The molecule has 100 valence electrons. The third-order valence-corrected chi connectivity index (χ3v) is 4.10. The Hall–Kier alpha value is -2.27. The van der Waals surface area contributed by atoms with Crippen molar-refractivity contribution in [3.63, 3.8) is 0 Å². The normalized spacial score (nSPS) is 10.8. The average molecular weight is 284 g/mol. The van der Waals surface area contributed by atoms with Crippen molar-refractivity contribution >= 4 is 27.5 Å². The number of hydrogen-bond acceptors (Lipinski definition) is 4. The molecule has 0 aliphatic carbocycles. The third kappa shape index (κ3) is 2.40. The summed E-state index contributed by atoms with van der Waals surface area (Å²) in [6, 6.07) is 9.48. The largest absolute Gasteiger partial charge is 0.481 e. The van der Waals surface area contributed by atoms with E-state index < -0.39 is 5.97 Å². The Bertz CT molecular complexity index is 795. The quantitative estimate of drug-likeness (QED) is 0.801. The van der Waals surface area contributed by atoms with Crippen LogP contribution in [0.15, 0.2) is 36.5 Å². The van der Waals surface area contributed by atoms with Crippen LogP contribution in [0.2, 0.25) is 0 Å². The molecular weight excluding hydrogens is 272 g/mol. The summed E-state index contributed by atoms with van der Waals surface area (Å²) in [6.07, 6.45) is 1.80. The Kier molecular flexibility index (Phi) is 3.20. The van der Waals surface area contributed by atoms with E-state index >= 15 is 0 Å². The first-order valence-electron chi connectivity index (χ1n) is 6.17. The van der Waals surface area contributed by atoms with Gasteiger partial charge in [0.1, 0.15) is 5.01 Å². The van der Waals surface area contributed by atoms with Gasteiger partial charge in [0.2, 0.25) is 0 Å². The summed E-state index contributed by atoms with van der Waals surface area (Å²) < 4.78 is 1.00. The maximum absolute atomic E-state index is 10.8. The number of benzene rings is 1. The number of thiazole rings is 1. The molecule has 2 aromatic heterocycles. The lowest BCUT2D eigenvalue weighted by Crippen LogP contribution is -1.99. The molecule has 0 atom stereocenters. The maximum Gasteiger partial charge on any atom is 0.307 e. The molecule has 2 heterocycles. The first-order valence-corrected chi connectivity index (χ1v) is 6.98. The number of pyridine rings is 1. The van der Waals surface area contributed by atoms with Gasteiger partial charge in [-0.25, -0.2) is 4.98 Å². The zero-order valence-electron chi connectivity index (χ0n) is 10.8. The van der Waals surface area contributed by atoms with Gasteiger partial charge in [-0.1, -0.05) is 6.07 Å². The van der Waals surface area contributed by atoms with Crippen LogP contribution in [-0.2, 0) is 11.2 Å². The van der Waals surface area contributed by atoms with E-state index in [1.807, 2.05) is 37.3 Å². The Morgan fingerprint density at radius 2 is 2.20 bits per heavy atom. The summed E-state index contributed by atoms with van der Waals surface area (Å²) in [6.45, 7) is 1.96. The number of aromatic nitrogens is 2. The Labute approximate surface area is 119 Å². The van der Waals surface area contributed by atoms with Crippen molar-refractivity contribution in [1.82, 2.24) is 9.97 Å². The lowest BCUT2D eigenvalue weighted by atomic mass is 10.1. The smallest absolute Gasteiger partial charge is 0.307 e. The number of fused-ring (bicyclic) bond motifs is 1. The monoisotopic (exact) mass is 284 g/mol. The van der Waals surface area contributed by atoms with Gasteiger partial charge >= 0.3 is 5.97 Å². The van der Waals surface area contributed by atoms with Crippen molar-refractivity contribution in [2.75, 3.05) is 0 Å². The molecule has 0 unspecified atom stereocenters. The first-order chi connectivity index (χ1) is 9.63. The molecule has 0 radical (unpaired) electrons. The van der Waals surface area contributed by atoms with E-state index in [1.165, 1.54) is 0 Å². The minimum Gasteiger partial charge on any atom is -0.481 e. The average Bonchev–Trinajstić information content (AvgIpc) is 2.81. The fourth-order valence-electron chi connectivity index (χ4n) is 2.08. The molecule has 1 N–H and O–H groups in total. The molecule has 0 saturated carbocycles. The molecule has 3 rings (SSSR count). The van der Waals surface area contributed by atoms with Crippen LogP contribution in [0.5, 0.6) is 0 Å². The van der Waals surface area contributed by atoms with Crippen molar-refractivity contribution < 1.29 is 9.90 Å². The molecule has 20 heavy (non-hydrogen) atoms. The van der Waals surface area contributed by atoms with Crippen LogP contribution in [0.3, 0.4) is 0 Å². The summed E-state index contributed by atoms with van der Waals surface area (Å²) in [5, 5.41) is 9.75. The molecule has 5 heteroatoms. The SMILES string of the molecule is Cc1ncccc1-c1nc2ccc(CC(=O)O)cc2s1. The number of carbonyl (C=O) groups is 1. The lowest BCUT2D eigenvalue weighted by Gasteiger charge is -1.98. The van der Waals surface area contributed by atoms with Gasteiger partial charge in [0.15, 0.2) is 0 Å². The minimum absolute atomic E-state index is 0.0368. The standard InChI is InChI=1S/C15H12N2O2S/c1-9-11(3-2-6-16-9)15-17-12-5-4-10(8-14(18)19)7-13(12)20-15/h2-7H,8H2,1H3,(H,18,19). The summed E-state index contributed by atoms with van der Waals surface area (Å²) in [7, 11) is 0. The van der Waals surface area contributed by atoms with Gasteiger partial charge in [0, 0.05) is 17.5 Å². The van der Waals surface area contributed by atoms with E-state index in [-0.39, 0.29) is 6.42 Å². The second-order valence-corrected chi connectivity index (χ2v) is 5.56. The van der Waals surface area contributed by atoms with Crippen LogP contribution >= 0.6 is 11.3 Å². The van der Waals surface area contributed by atoms with Gasteiger partial charge in [-0.05, 0) is 36.8 Å². The van der Waals surface area contributed by atoms with Crippen molar-refractivity contribution in [1.29, 1.82) is 0 Å². The molecule has 0 fully saturated rings. The maximum atomic E-state index is 10.8. The number of hydrogen-bond donors (Lipinski definition) is 1. The van der Waals surface area contributed by atoms with Crippen LogP contribution in [0.4, 0.5) is 0 Å². The second-order valence-electron chi connectivity index (χ2n) is 4.53. The number of aryl methyl sites for hydroxylation is 1. The fourth-order valence-corrected chi connectivity index (χ4v) is 3.19. The fraction of sp³-hybridized carbons (Fsp3) is 0.133. The number of carboxylic acids is 1. The van der Waals surface area contributed by atoms with Gasteiger partial charge < -0.3 is 5.11 Å². The summed E-state index contributed by atoms with van der Waals surface area (Å²) in [4.78, 5) is 19.6. The van der Waals surface area contributed by atoms with E-state index in [1.54, 1.807) is 17.5 Å². The van der Waals surface area contributed by atoms with E-state index in [2.05, 4.69) is 9.97 Å². The molecule has 0 aliphatic rings. The van der Waals surface area contributed by atoms with E-state index in [0.717, 1.165) is 32.0 Å². The van der Waals surface area contributed by atoms with Gasteiger partial charge in [-0.15, -0.1) is 11.3 Å². The zero-order chi connectivity index (χ0) is 14.1. The van der Waals surface area contributed by atoms with Crippen LogP contribution in [0.25, 0.3) is 20.8 Å². The topological polar surface area (TPSA) is 63.1 Å². The summed E-state index contributed by atoms with van der Waals surface area (Å²) in [5.74, 6) is -0.822. The molecule has 1 aromatic carbocycles. The van der Waals surface area contributed by atoms with Gasteiger partial charge in [-0.2, -0.15) is 0 Å². The van der Waals surface area contributed by atoms with Crippen LogP contribution in [-0.4, -0.2) is 21.0 Å². The predicted octanol–water partition coefficient (Wildman–Crippen LogP) is 3.29. The number of rotatable bonds is 3. The summed E-state index contributed by atoms with van der Waals surface area (Å²) >= 11 is 1.56. The molecule has 0 aliphatic heterocycles. The molecule has 0 bridgehead atoms. The predicted molar refractivity (Wildman–Crippen MR) is 78.9 cm³/mol. The minimum atomic E-state index is -0.822. The first kappa shape index (κ1) is 12.7. The third-order valence-electron chi connectivity index (χ3n) is 3.05. The highest BCUT2D eigenvalue weighted by atomic mass is 32.1. The van der Waals surface area contributed by atoms with Gasteiger partial charge in [0.25, 0.3) is 0 Å².